The standard InChI is InChI=1S/C26H19N3O4/c27-16-19(15-20-17-28(18-25(30)31)24-14-8-7-13-23(20)24)26(32)29(21-9-3-1-4-10-21)33-22-11-5-2-6-12-22/h1-15,17H,18H2,(H,30,31). The predicted octanol–water partition coefficient (Wildman–Crippen LogP) is 4.66. The Kier molecular flexibility index (Phi) is 6.19. The number of benzene rings is 3. The molecule has 0 unspecified atom stereocenters. The van der Waals surface area contributed by atoms with Crippen molar-refractivity contribution in [1.82, 2.24) is 4.57 Å². The molecule has 0 fully saturated rings. The molecular weight excluding hydrogens is 418 g/mol. The molecule has 0 saturated carbocycles. The van der Waals surface area contributed by atoms with E-state index in [2.05, 4.69) is 0 Å². The van der Waals surface area contributed by atoms with Gasteiger partial charge in [0.15, 0.2) is 5.75 Å². The summed E-state index contributed by atoms with van der Waals surface area (Å²) in [5.74, 6) is -1.21. The molecule has 4 rings (SSSR count). The Bertz CT molecular complexity index is 1370. The molecule has 0 aliphatic heterocycles. The van der Waals surface area contributed by atoms with E-state index in [0.29, 0.717) is 22.5 Å². The lowest BCUT2D eigenvalue weighted by molar-refractivity contribution is -0.137. The Labute approximate surface area is 189 Å². The van der Waals surface area contributed by atoms with Gasteiger partial charge in [-0.3, -0.25) is 9.59 Å². The van der Waals surface area contributed by atoms with Crippen molar-refractivity contribution in [3.8, 4) is 11.8 Å². The highest BCUT2D eigenvalue weighted by Gasteiger charge is 2.23. The first-order valence-electron chi connectivity index (χ1n) is 10.1. The van der Waals surface area contributed by atoms with Gasteiger partial charge in [-0.1, -0.05) is 54.6 Å². The summed E-state index contributed by atoms with van der Waals surface area (Å²) in [5.41, 5.74) is 1.55. The molecule has 0 saturated heterocycles. The second kappa shape index (κ2) is 9.54. The van der Waals surface area contributed by atoms with Gasteiger partial charge in [0.1, 0.15) is 18.2 Å². The van der Waals surface area contributed by atoms with Crippen LogP contribution in [0.15, 0.2) is 96.7 Å². The minimum absolute atomic E-state index is 0.159. The highest BCUT2D eigenvalue weighted by atomic mass is 16.7. The fourth-order valence-electron chi connectivity index (χ4n) is 3.44. The number of fused-ring (bicyclic) bond motifs is 1. The van der Waals surface area contributed by atoms with E-state index in [1.54, 1.807) is 71.4 Å². The quantitative estimate of drug-likeness (QED) is 0.258. The first-order chi connectivity index (χ1) is 16.1. The molecule has 162 valence electrons. The Balaban J connectivity index is 1.76. The number of carboxylic acids is 1. The molecule has 0 radical (unpaired) electrons. The molecule has 0 atom stereocenters. The molecule has 3 aromatic carbocycles. The number of aromatic nitrogens is 1. The molecule has 7 nitrogen and oxygen atoms in total. The first kappa shape index (κ1) is 21.4. The van der Waals surface area contributed by atoms with E-state index in [-0.39, 0.29) is 12.1 Å². The van der Waals surface area contributed by atoms with Gasteiger partial charge in [-0.15, -0.1) is 5.06 Å². The topological polar surface area (TPSA) is 95.6 Å². The second-order valence-electron chi connectivity index (χ2n) is 7.13. The first-order valence-corrected chi connectivity index (χ1v) is 10.1. The Morgan fingerprint density at radius 3 is 2.27 bits per heavy atom. The van der Waals surface area contributed by atoms with Crippen LogP contribution in [-0.2, 0) is 16.1 Å². The normalized spacial score (nSPS) is 11.1. The van der Waals surface area contributed by atoms with Gasteiger partial charge < -0.3 is 14.5 Å². The fraction of sp³-hybridized carbons (Fsp3) is 0.0385. The zero-order valence-corrected chi connectivity index (χ0v) is 17.5. The number of nitrogens with zero attached hydrogens (tertiary/aromatic N) is 3. The van der Waals surface area contributed by atoms with E-state index in [1.807, 2.05) is 30.3 Å². The molecule has 0 aliphatic rings. The Morgan fingerprint density at radius 2 is 1.61 bits per heavy atom. The van der Waals surface area contributed by atoms with Gasteiger partial charge in [-0.2, -0.15) is 5.26 Å². The van der Waals surface area contributed by atoms with Crippen molar-refractivity contribution in [2.45, 2.75) is 6.54 Å². The van der Waals surface area contributed by atoms with E-state index in [4.69, 9.17) is 4.84 Å². The van der Waals surface area contributed by atoms with Gasteiger partial charge in [0.2, 0.25) is 0 Å². The van der Waals surface area contributed by atoms with Crippen LogP contribution in [0.2, 0.25) is 0 Å². The molecule has 1 aromatic heterocycles. The summed E-state index contributed by atoms with van der Waals surface area (Å²) in [6.07, 6.45) is 3.07. The summed E-state index contributed by atoms with van der Waals surface area (Å²) >= 11 is 0. The summed E-state index contributed by atoms with van der Waals surface area (Å²) < 4.78 is 1.57. The zero-order valence-electron chi connectivity index (χ0n) is 17.5. The van der Waals surface area contributed by atoms with Gasteiger partial charge in [0, 0.05) is 22.7 Å². The number of carbonyl (C=O) groups excluding carboxylic acids is 1. The number of para-hydroxylation sites is 3. The predicted molar refractivity (Wildman–Crippen MR) is 124 cm³/mol. The largest absolute Gasteiger partial charge is 0.480 e. The number of hydroxylamine groups is 1. The van der Waals surface area contributed by atoms with Crippen LogP contribution in [0.3, 0.4) is 0 Å². The van der Waals surface area contributed by atoms with Gasteiger partial charge in [-0.25, -0.2) is 0 Å². The van der Waals surface area contributed by atoms with Crippen LogP contribution in [-0.4, -0.2) is 21.6 Å². The molecule has 1 N–H and O–H groups in total. The molecular formula is C26H19N3O4. The third kappa shape index (κ3) is 4.75. The maximum absolute atomic E-state index is 13.4. The lowest BCUT2D eigenvalue weighted by atomic mass is 10.1. The zero-order chi connectivity index (χ0) is 23.2. The molecule has 4 aromatic rings. The van der Waals surface area contributed by atoms with Gasteiger partial charge >= 0.3 is 11.9 Å². The maximum Gasteiger partial charge on any atom is 0.323 e. The third-order valence-corrected chi connectivity index (χ3v) is 4.89. The Hall–Kier alpha value is -4.83. The minimum atomic E-state index is -0.991. The SMILES string of the molecule is N#CC(=Cc1cn(CC(=O)O)c2ccccc12)C(=O)N(Oc1ccccc1)c1ccccc1. The van der Waals surface area contributed by atoms with Crippen LogP contribution in [0.25, 0.3) is 17.0 Å². The van der Waals surface area contributed by atoms with Crippen LogP contribution in [0, 0.1) is 11.3 Å². The number of hydrogen-bond acceptors (Lipinski definition) is 4. The summed E-state index contributed by atoms with van der Waals surface area (Å²) in [6.45, 7) is -0.239. The monoisotopic (exact) mass is 437 g/mol. The molecule has 7 heteroatoms. The van der Waals surface area contributed by atoms with Crippen LogP contribution in [0.5, 0.6) is 5.75 Å². The highest BCUT2D eigenvalue weighted by molar-refractivity contribution is 6.11. The van der Waals surface area contributed by atoms with Crippen molar-refractivity contribution in [3.63, 3.8) is 0 Å². The van der Waals surface area contributed by atoms with E-state index in [1.165, 1.54) is 6.08 Å². The maximum atomic E-state index is 13.4. The van der Waals surface area contributed by atoms with Gasteiger partial charge in [0.25, 0.3) is 0 Å². The lowest BCUT2D eigenvalue weighted by Crippen LogP contribution is -2.35. The van der Waals surface area contributed by atoms with E-state index in [0.717, 1.165) is 10.4 Å². The van der Waals surface area contributed by atoms with Crippen molar-refractivity contribution in [2.75, 3.05) is 5.06 Å². The number of rotatable bonds is 7. The Morgan fingerprint density at radius 1 is 0.970 bits per heavy atom. The minimum Gasteiger partial charge on any atom is -0.480 e. The number of anilines is 1. The molecule has 0 aliphatic carbocycles. The molecule has 0 spiro atoms. The number of carbonyl (C=O) groups is 2. The smallest absolute Gasteiger partial charge is 0.323 e. The second-order valence-corrected chi connectivity index (χ2v) is 7.13. The molecule has 33 heavy (non-hydrogen) atoms. The van der Waals surface area contributed by atoms with Gasteiger partial charge in [-0.05, 0) is 36.4 Å². The van der Waals surface area contributed by atoms with Crippen LogP contribution in [0.4, 0.5) is 5.69 Å². The average Bonchev–Trinajstić information content (AvgIpc) is 3.18. The average molecular weight is 437 g/mol. The summed E-state index contributed by atoms with van der Waals surface area (Å²) in [4.78, 5) is 30.5. The van der Waals surface area contributed by atoms with Crippen molar-refractivity contribution in [2.24, 2.45) is 0 Å². The highest BCUT2D eigenvalue weighted by Crippen LogP contribution is 2.25. The van der Waals surface area contributed by atoms with E-state index >= 15 is 0 Å². The number of hydrogen-bond donors (Lipinski definition) is 1. The number of aliphatic carboxylic acids is 1. The third-order valence-electron chi connectivity index (χ3n) is 4.89. The number of carboxylic acid groups (broad SMARTS) is 1. The van der Waals surface area contributed by atoms with E-state index in [9.17, 15) is 20.0 Å². The summed E-state index contributed by atoms with van der Waals surface area (Å²) in [5, 5.41) is 20.8. The van der Waals surface area contributed by atoms with Crippen LogP contribution in [0.1, 0.15) is 5.56 Å². The van der Waals surface area contributed by atoms with Crippen LogP contribution >= 0.6 is 0 Å². The lowest BCUT2D eigenvalue weighted by Gasteiger charge is -2.22. The van der Waals surface area contributed by atoms with Crippen molar-refractivity contribution in [3.05, 3.63) is 102 Å². The van der Waals surface area contributed by atoms with Gasteiger partial charge in [0.05, 0.1) is 5.69 Å². The van der Waals surface area contributed by atoms with Crippen LogP contribution < -0.4 is 9.90 Å². The summed E-state index contributed by atoms with van der Waals surface area (Å²) in [6, 6.07) is 26.7. The summed E-state index contributed by atoms with van der Waals surface area (Å²) in [7, 11) is 0. The fourth-order valence-corrected chi connectivity index (χ4v) is 3.44. The number of amides is 1. The van der Waals surface area contributed by atoms with Crippen molar-refractivity contribution < 1.29 is 19.5 Å². The molecule has 1 amide bonds. The number of nitriles is 1. The van der Waals surface area contributed by atoms with Crippen molar-refractivity contribution in [1.29, 1.82) is 5.26 Å². The van der Waals surface area contributed by atoms with E-state index < -0.39 is 11.9 Å². The van der Waals surface area contributed by atoms with Crippen molar-refractivity contribution >= 4 is 34.5 Å². The molecule has 0 bridgehead atoms. The molecule has 1 heterocycles.